The molecule has 0 unspecified atom stereocenters. The number of aromatic nitrogens is 2. The third-order valence-electron chi connectivity index (χ3n) is 3.72. The molecule has 1 heterocycles. The van der Waals surface area contributed by atoms with E-state index in [1.54, 1.807) is 26.4 Å². The predicted octanol–water partition coefficient (Wildman–Crippen LogP) is 3.53. The third-order valence-corrected chi connectivity index (χ3v) is 3.72. The topological polar surface area (TPSA) is 81.5 Å². The molecule has 0 amide bonds. The van der Waals surface area contributed by atoms with Crippen LogP contribution in [0.2, 0.25) is 0 Å². The van der Waals surface area contributed by atoms with Gasteiger partial charge in [-0.15, -0.1) is 0 Å². The molecule has 6 nitrogen and oxygen atoms in total. The van der Waals surface area contributed by atoms with Crippen LogP contribution in [0.3, 0.4) is 0 Å². The number of ether oxygens (including phenoxy) is 2. The van der Waals surface area contributed by atoms with E-state index in [0.29, 0.717) is 17.1 Å². The molecule has 0 aliphatic heterocycles. The fourth-order valence-corrected chi connectivity index (χ4v) is 2.40. The first-order valence-corrected chi connectivity index (χ1v) is 7.51. The first-order valence-electron chi connectivity index (χ1n) is 7.51. The number of carboxylic acid groups (broad SMARTS) is 1. The van der Waals surface area contributed by atoms with Gasteiger partial charge in [-0.25, -0.2) is 9.78 Å². The zero-order valence-corrected chi connectivity index (χ0v) is 13.8. The fourth-order valence-electron chi connectivity index (χ4n) is 2.40. The van der Waals surface area contributed by atoms with Crippen LogP contribution in [-0.2, 0) is 0 Å². The van der Waals surface area contributed by atoms with Crippen molar-refractivity contribution in [1.29, 1.82) is 0 Å². The standard InChI is InChI=1S/C19H16N2O4/c1-24-14-7-3-12(4-8-14)17-18(21-16(11-20-17)19(22)23)13-5-9-15(25-2)10-6-13/h3-11H,1-2H3,(H,22,23). The number of nitrogens with zero attached hydrogens (tertiary/aromatic N) is 2. The SMILES string of the molecule is COc1ccc(-c2ncc(C(=O)O)nc2-c2ccc(OC)cc2)cc1. The van der Waals surface area contributed by atoms with Gasteiger partial charge in [0.15, 0.2) is 5.69 Å². The summed E-state index contributed by atoms with van der Waals surface area (Å²) in [6.07, 6.45) is 1.26. The van der Waals surface area contributed by atoms with Crippen molar-refractivity contribution < 1.29 is 19.4 Å². The van der Waals surface area contributed by atoms with Crippen molar-refractivity contribution >= 4 is 5.97 Å². The van der Waals surface area contributed by atoms with Crippen LogP contribution in [0.25, 0.3) is 22.5 Å². The molecular weight excluding hydrogens is 320 g/mol. The lowest BCUT2D eigenvalue weighted by atomic mass is 10.0. The number of benzene rings is 2. The monoisotopic (exact) mass is 336 g/mol. The Labute approximate surface area is 144 Å². The normalized spacial score (nSPS) is 10.3. The molecule has 2 aromatic carbocycles. The van der Waals surface area contributed by atoms with Crippen LogP contribution in [0.5, 0.6) is 11.5 Å². The van der Waals surface area contributed by atoms with E-state index in [2.05, 4.69) is 9.97 Å². The summed E-state index contributed by atoms with van der Waals surface area (Å²) in [7, 11) is 3.18. The summed E-state index contributed by atoms with van der Waals surface area (Å²) in [5.74, 6) is 0.311. The highest BCUT2D eigenvalue weighted by Gasteiger charge is 2.15. The van der Waals surface area contributed by atoms with Crippen LogP contribution in [0.15, 0.2) is 54.7 Å². The van der Waals surface area contributed by atoms with Crippen LogP contribution in [0, 0.1) is 0 Å². The number of carbonyl (C=O) groups is 1. The summed E-state index contributed by atoms with van der Waals surface area (Å²) in [5, 5.41) is 9.23. The Bertz CT molecular complexity index is 890. The fraction of sp³-hybridized carbons (Fsp3) is 0.105. The number of hydrogen-bond acceptors (Lipinski definition) is 5. The van der Waals surface area contributed by atoms with Gasteiger partial charge in [-0.3, -0.25) is 4.98 Å². The Morgan fingerprint density at radius 3 is 1.76 bits per heavy atom. The molecule has 0 saturated carbocycles. The second-order valence-electron chi connectivity index (χ2n) is 5.21. The Balaban J connectivity index is 2.14. The van der Waals surface area contributed by atoms with Crippen molar-refractivity contribution in [3.05, 3.63) is 60.4 Å². The first kappa shape index (κ1) is 16.4. The Morgan fingerprint density at radius 2 is 1.32 bits per heavy atom. The van der Waals surface area contributed by atoms with E-state index in [1.807, 2.05) is 36.4 Å². The Kier molecular flexibility index (Phi) is 4.61. The summed E-state index contributed by atoms with van der Waals surface area (Å²) in [6, 6.07) is 14.6. The van der Waals surface area contributed by atoms with Gasteiger partial charge in [-0.2, -0.15) is 0 Å². The molecule has 1 aromatic heterocycles. The molecule has 0 atom stereocenters. The van der Waals surface area contributed by atoms with Crippen molar-refractivity contribution in [2.45, 2.75) is 0 Å². The van der Waals surface area contributed by atoms with Crippen molar-refractivity contribution in [3.63, 3.8) is 0 Å². The largest absolute Gasteiger partial charge is 0.497 e. The third kappa shape index (κ3) is 3.42. The minimum absolute atomic E-state index is 0.108. The van der Waals surface area contributed by atoms with Crippen LogP contribution >= 0.6 is 0 Å². The number of carboxylic acids is 1. The number of aromatic carboxylic acids is 1. The van der Waals surface area contributed by atoms with E-state index in [9.17, 15) is 9.90 Å². The smallest absolute Gasteiger partial charge is 0.356 e. The molecule has 3 rings (SSSR count). The van der Waals surface area contributed by atoms with Gasteiger partial charge in [-0.05, 0) is 48.5 Å². The van der Waals surface area contributed by atoms with E-state index in [4.69, 9.17) is 9.47 Å². The highest BCUT2D eigenvalue weighted by atomic mass is 16.5. The molecular formula is C19H16N2O4. The lowest BCUT2D eigenvalue weighted by Gasteiger charge is -2.10. The molecule has 0 bridgehead atoms. The van der Waals surface area contributed by atoms with Crippen LogP contribution in [0.4, 0.5) is 0 Å². The zero-order valence-electron chi connectivity index (χ0n) is 13.8. The summed E-state index contributed by atoms with van der Waals surface area (Å²) >= 11 is 0. The maximum Gasteiger partial charge on any atom is 0.356 e. The van der Waals surface area contributed by atoms with Gasteiger partial charge >= 0.3 is 5.97 Å². The van der Waals surface area contributed by atoms with Crippen LogP contribution in [0.1, 0.15) is 10.5 Å². The summed E-state index contributed by atoms with van der Waals surface area (Å²) < 4.78 is 10.3. The number of methoxy groups -OCH3 is 2. The van der Waals surface area contributed by atoms with Gasteiger partial charge in [0.05, 0.1) is 31.8 Å². The lowest BCUT2D eigenvalue weighted by Crippen LogP contribution is -2.04. The summed E-state index contributed by atoms with van der Waals surface area (Å²) in [6.45, 7) is 0. The first-order chi connectivity index (χ1) is 12.1. The molecule has 0 aliphatic rings. The van der Waals surface area contributed by atoms with E-state index >= 15 is 0 Å². The van der Waals surface area contributed by atoms with E-state index in [1.165, 1.54) is 6.20 Å². The van der Waals surface area contributed by atoms with Crippen molar-refractivity contribution in [2.75, 3.05) is 14.2 Å². The second kappa shape index (κ2) is 7.00. The van der Waals surface area contributed by atoms with Crippen LogP contribution < -0.4 is 9.47 Å². The molecule has 0 aliphatic carbocycles. The molecule has 0 saturated heterocycles. The Hall–Kier alpha value is -3.41. The van der Waals surface area contributed by atoms with Gasteiger partial charge in [-0.1, -0.05) is 0 Å². The molecule has 0 fully saturated rings. The molecule has 6 heteroatoms. The zero-order chi connectivity index (χ0) is 17.8. The Morgan fingerprint density at radius 1 is 0.840 bits per heavy atom. The van der Waals surface area contributed by atoms with E-state index in [-0.39, 0.29) is 5.69 Å². The second-order valence-corrected chi connectivity index (χ2v) is 5.21. The minimum atomic E-state index is -1.12. The summed E-state index contributed by atoms with van der Waals surface area (Å²) in [5.41, 5.74) is 2.55. The molecule has 0 radical (unpaired) electrons. The number of rotatable bonds is 5. The molecule has 3 aromatic rings. The summed E-state index contributed by atoms with van der Waals surface area (Å²) in [4.78, 5) is 19.9. The van der Waals surface area contributed by atoms with Gasteiger partial charge in [0.25, 0.3) is 0 Å². The van der Waals surface area contributed by atoms with E-state index < -0.39 is 5.97 Å². The van der Waals surface area contributed by atoms with Crippen molar-refractivity contribution in [2.24, 2.45) is 0 Å². The van der Waals surface area contributed by atoms with Gasteiger partial charge < -0.3 is 14.6 Å². The maximum atomic E-state index is 11.3. The van der Waals surface area contributed by atoms with E-state index in [0.717, 1.165) is 16.9 Å². The molecule has 126 valence electrons. The quantitative estimate of drug-likeness (QED) is 0.767. The maximum absolute atomic E-state index is 11.3. The van der Waals surface area contributed by atoms with Crippen LogP contribution in [-0.4, -0.2) is 35.3 Å². The molecule has 0 spiro atoms. The highest BCUT2D eigenvalue weighted by Crippen LogP contribution is 2.31. The van der Waals surface area contributed by atoms with Gasteiger partial charge in [0, 0.05) is 11.1 Å². The minimum Gasteiger partial charge on any atom is -0.497 e. The number of hydrogen-bond donors (Lipinski definition) is 1. The lowest BCUT2D eigenvalue weighted by molar-refractivity contribution is 0.0690. The van der Waals surface area contributed by atoms with Crippen molar-refractivity contribution in [3.8, 4) is 34.0 Å². The van der Waals surface area contributed by atoms with Gasteiger partial charge in [0.2, 0.25) is 0 Å². The van der Waals surface area contributed by atoms with Crippen molar-refractivity contribution in [1.82, 2.24) is 9.97 Å². The predicted molar refractivity (Wildman–Crippen MR) is 93.0 cm³/mol. The average molecular weight is 336 g/mol. The highest BCUT2D eigenvalue weighted by molar-refractivity contribution is 5.87. The molecule has 1 N–H and O–H groups in total. The average Bonchev–Trinajstić information content (AvgIpc) is 2.67. The van der Waals surface area contributed by atoms with Gasteiger partial charge in [0.1, 0.15) is 11.5 Å². The molecule has 25 heavy (non-hydrogen) atoms.